The van der Waals surface area contributed by atoms with Crippen LogP contribution in [-0.4, -0.2) is 43.7 Å². The first-order chi connectivity index (χ1) is 11.9. The first kappa shape index (κ1) is 18.6. The highest BCUT2D eigenvalue weighted by Crippen LogP contribution is 2.31. The minimum Gasteiger partial charge on any atom is -0.467 e. The lowest BCUT2D eigenvalue weighted by atomic mass is 9.96. The highest BCUT2D eigenvalue weighted by atomic mass is 79.9. The lowest BCUT2D eigenvalue weighted by Crippen LogP contribution is -2.43. The molecule has 0 aliphatic carbocycles. The number of amides is 1. The quantitative estimate of drug-likeness (QED) is 0.706. The van der Waals surface area contributed by atoms with Gasteiger partial charge in [0.25, 0.3) is 10.0 Å². The van der Waals surface area contributed by atoms with Crippen molar-refractivity contribution < 1.29 is 17.6 Å². The number of nitrogens with zero attached hydrogens (tertiary/aromatic N) is 2. The Balaban J connectivity index is 1.58. The number of hydrogen-bond donors (Lipinski definition) is 0. The second kappa shape index (κ2) is 7.61. The van der Waals surface area contributed by atoms with E-state index >= 15 is 0 Å². The molecular formula is C16H19BrN2O4S2. The lowest BCUT2D eigenvalue weighted by molar-refractivity contribution is -0.136. The van der Waals surface area contributed by atoms with Crippen molar-refractivity contribution in [1.82, 2.24) is 9.21 Å². The zero-order valence-corrected chi connectivity index (χ0v) is 16.9. The standard InChI is InChI=1S/C16H19BrN2O4S2/c1-18(11-13-3-2-10-23-13)16(20)12-6-8-19(9-7-12)25(21,22)15-5-4-14(17)24-15/h2-5,10,12H,6-9,11H2,1H3. The number of hydrogen-bond acceptors (Lipinski definition) is 5. The third-order valence-electron chi connectivity index (χ3n) is 4.30. The van der Waals surface area contributed by atoms with E-state index in [0.717, 1.165) is 9.55 Å². The van der Waals surface area contributed by atoms with Crippen molar-refractivity contribution in [1.29, 1.82) is 0 Å². The molecule has 1 saturated heterocycles. The van der Waals surface area contributed by atoms with Crippen LogP contribution in [0.1, 0.15) is 18.6 Å². The summed E-state index contributed by atoms with van der Waals surface area (Å²) in [5, 5.41) is 0. The Bertz CT molecular complexity index is 824. The normalized spacial score (nSPS) is 16.9. The fraction of sp³-hybridized carbons (Fsp3) is 0.438. The van der Waals surface area contributed by atoms with E-state index in [1.54, 1.807) is 36.4 Å². The Morgan fingerprint density at radius 3 is 2.64 bits per heavy atom. The van der Waals surface area contributed by atoms with Gasteiger partial charge in [-0.15, -0.1) is 11.3 Å². The van der Waals surface area contributed by atoms with Crippen molar-refractivity contribution in [3.8, 4) is 0 Å². The van der Waals surface area contributed by atoms with Crippen LogP contribution in [-0.2, 0) is 21.4 Å². The summed E-state index contributed by atoms with van der Waals surface area (Å²) in [5.74, 6) is 0.618. The van der Waals surface area contributed by atoms with Crippen LogP contribution in [0.3, 0.4) is 0 Å². The van der Waals surface area contributed by atoms with Gasteiger partial charge in [0.2, 0.25) is 5.91 Å². The van der Waals surface area contributed by atoms with E-state index in [4.69, 9.17) is 4.42 Å². The van der Waals surface area contributed by atoms with Gasteiger partial charge in [-0.3, -0.25) is 4.79 Å². The summed E-state index contributed by atoms with van der Waals surface area (Å²) in [7, 11) is -1.72. The predicted molar refractivity (Wildman–Crippen MR) is 98.7 cm³/mol. The third-order valence-corrected chi connectivity index (χ3v) is 8.28. The second-order valence-electron chi connectivity index (χ2n) is 6.01. The van der Waals surface area contributed by atoms with Crippen molar-refractivity contribution in [2.75, 3.05) is 20.1 Å². The van der Waals surface area contributed by atoms with Crippen molar-refractivity contribution in [3.05, 3.63) is 40.1 Å². The number of furan rings is 1. The molecule has 3 heterocycles. The molecule has 0 saturated carbocycles. The number of carbonyl (C=O) groups is 1. The number of piperidine rings is 1. The number of sulfonamides is 1. The Kier molecular flexibility index (Phi) is 5.67. The fourth-order valence-corrected chi connectivity index (χ4v) is 6.57. The average Bonchev–Trinajstić information content (AvgIpc) is 3.26. The molecule has 136 valence electrons. The molecule has 2 aromatic rings. The third kappa shape index (κ3) is 4.16. The maximum absolute atomic E-state index is 12.6. The van der Waals surface area contributed by atoms with Crippen LogP contribution in [0.4, 0.5) is 0 Å². The zero-order valence-electron chi connectivity index (χ0n) is 13.7. The Morgan fingerprint density at radius 1 is 1.36 bits per heavy atom. The molecule has 1 aliphatic rings. The fourth-order valence-electron chi connectivity index (χ4n) is 2.93. The molecule has 0 aromatic carbocycles. The van der Waals surface area contributed by atoms with E-state index in [1.807, 2.05) is 6.07 Å². The van der Waals surface area contributed by atoms with Gasteiger partial charge in [-0.2, -0.15) is 4.31 Å². The summed E-state index contributed by atoms with van der Waals surface area (Å²) in [4.78, 5) is 14.2. The molecule has 3 rings (SSSR count). The Morgan fingerprint density at radius 2 is 2.08 bits per heavy atom. The summed E-state index contributed by atoms with van der Waals surface area (Å²) >= 11 is 4.50. The highest BCUT2D eigenvalue weighted by Gasteiger charge is 2.33. The largest absolute Gasteiger partial charge is 0.467 e. The van der Waals surface area contributed by atoms with Gasteiger partial charge in [-0.1, -0.05) is 0 Å². The molecule has 1 amide bonds. The van der Waals surface area contributed by atoms with Crippen LogP contribution in [0.2, 0.25) is 0 Å². The number of rotatable bonds is 5. The topological polar surface area (TPSA) is 70.8 Å². The van der Waals surface area contributed by atoms with Crippen LogP contribution >= 0.6 is 27.3 Å². The maximum atomic E-state index is 12.6. The van der Waals surface area contributed by atoms with Gasteiger partial charge >= 0.3 is 0 Å². The van der Waals surface area contributed by atoms with Gasteiger partial charge in [0, 0.05) is 26.1 Å². The van der Waals surface area contributed by atoms with Crippen molar-refractivity contribution in [2.24, 2.45) is 5.92 Å². The van der Waals surface area contributed by atoms with Gasteiger partial charge in [0.05, 0.1) is 16.6 Å². The highest BCUT2D eigenvalue weighted by molar-refractivity contribution is 9.11. The van der Waals surface area contributed by atoms with Gasteiger partial charge < -0.3 is 9.32 Å². The van der Waals surface area contributed by atoms with Gasteiger partial charge in [-0.25, -0.2) is 8.42 Å². The molecule has 0 spiro atoms. The molecule has 1 fully saturated rings. The first-order valence-corrected chi connectivity index (χ1v) is 11.0. The van der Waals surface area contributed by atoms with E-state index in [9.17, 15) is 13.2 Å². The van der Waals surface area contributed by atoms with Gasteiger partial charge in [0.1, 0.15) is 9.97 Å². The molecule has 0 unspecified atom stereocenters. The summed E-state index contributed by atoms with van der Waals surface area (Å²) in [6.45, 7) is 1.15. The van der Waals surface area contributed by atoms with E-state index in [-0.39, 0.29) is 11.8 Å². The van der Waals surface area contributed by atoms with Crippen LogP contribution < -0.4 is 0 Å². The molecule has 1 aliphatic heterocycles. The Hall–Kier alpha value is -1.16. The van der Waals surface area contributed by atoms with Crippen molar-refractivity contribution in [3.63, 3.8) is 0 Å². The zero-order chi connectivity index (χ0) is 18.0. The van der Waals surface area contributed by atoms with E-state index < -0.39 is 10.0 Å². The van der Waals surface area contributed by atoms with Crippen molar-refractivity contribution >= 4 is 43.2 Å². The molecule has 6 nitrogen and oxygen atoms in total. The number of thiophene rings is 1. The molecule has 0 bridgehead atoms. The smallest absolute Gasteiger partial charge is 0.252 e. The van der Waals surface area contributed by atoms with E-state index in [0.29, 0.717) is 36.7 Å². The SMILES string of the molecule is CN(Cc1ccco1)C(=O)C1CCN(S(=O)(=O)c2ccc(Br)s2)CC1. The molecule has 9 heteroatoms. The first-order valence-electron chi connectivity index (χ1n) is 7.91. The van der Waals surface area contributed by atoms with Crippen LogP contribution in [0.25, 0.3) is 0 Å². The van der Waals surface area contributed by atoms with Gasteiger partial charge in [0.15, 0.2) is 0 Å². The molecule has 25 heavy (non-hydrogen) atoms. The monoisotopic (exact) mass is 446 g/mol. The van der Waals surface area contributed by atoms with Crippen LogP contribution in [0, 0.1) is 5.92 Å². The maximum Gasteiger partial charge on any atom is 0.252 e. The van der Waals surface area contributed by atoms with Crippen LogP contribution in [0.15, 0.2) is 42.9 Å². The van der Waals surface area contributed by atoms with Crippen molar-refractivity contribution in [2.45, 2.75) is 23.6 Å². The summed E-state index contributed by atoms with van der Waals surface area (Å²) < 4.78 is 33.1. The predicted octanol–water partition coefficient (Wildman–Crippen LogP) is 3.16. The average molecular weight is 447 g/mol. The minimum atomic E-state index is -3.47. The molecule has 0 N–H and O–H groups in total. The molecule has 0 atom stereocenters. The molecule has 2 aromatic heterocycles. The van der Waals surface area contributed by atoms with Gasteiger partial charge in [-0.05, 0) is 53.0 Å². The number of halogens is 1. The van der Waals surface area contributed by atoms with E-state index in [1.165, 1.54) is 15.6 Å². The molecule has 0 radical (unpaired) electrons. The lowest BCUT2D eigenvalue weighted by Gasteiger charge is -2.32. The summed E-state index contributed by atoms with van der Waals surface area (Å²) in [6.07, 6.45) is 2.65. The Labute approximate surface area is 159 Å². The second-order valence-corrected chi connectivity index (χ2v) is 10.6. The van der Waals surface area contributed by atoms with Crippen LogP contribution in [0.5, 0.6) is 0 Å². The van der Waals surface area contributed by atoms with E-state index in [2.05, 4.69) is 15.9 Å². The summed E-state index contributed by atoms with van der Waals surface area (Å²) in [6, 6.07) is 6.97. The summed E-state index contributed by atoms with van der Waals surface area (Å²) in [5.41, 5.74) is 0. The number of carbonyl (C=O) groups excluding carboxylic acids is 1. The molecular weight excluding hydrogens is 428 g/mol. The minimum absolute atomic E-state index is 0.0346.